The number of nitrogens with two attached hydrogens (primary N) is 1. The van der Waals surface area contributed by atoms with E-state index in [1.54, 1.807) is 4.90 Å². The second kappa shape index (κ2) is 6.30. The zero-order valence-electron chi connectivity index (χ0n) is 10.4. The molecule has 0 aromatic carbocycles. The Morgan fingerprint density at radius 2 is 1.94 bits per heavy atom. The first-order chi connectivity index (χ1) is 6.88. The van der Waals surface area contributed by atoms with Crippen molar-refractivity contribution in [2.45, 2.75) is 51.7 Å². The van der Waals surface area contributed by atoms with Gasteiger partial charge in [-0.25, -0.2) is 4.79 Å². The Morgan fingerprint density at radius 1 is 1.31 bits per heavy atom. The van der Waals surface area contributed by atoms with E-state index in [0.29, 0.717) is 0 Å². The van der Waals surface area contributed by atoms with E-state index in [1.807, 2.05) is 20.8 Å². The van der Waals surface area contributed by atoms with Crippen molar-refractivity contribution in [2.24, 2.45) is 5.73 Å². The molecule has 96 valence electrons. The van der Waals surface area contributed by atoms with E-state index in [4.69, 9.17) is 10.5 Å². The van der Waals surface area contributed by atoms with Crippen molar-refractivity contribution in [1.29, 1.82) is 0 Å². The van der Waals surface area contributed by atoms with E-state index in [-0.39, 0.29) is 24.5 Å². The quantitative estimate of drug-likeness (QED) is 0.717. The minimum Gasteiger partial charge on any atom is -0.444 e. The molecule has 1 saturated heterocycles. The average Bonchev–Trinajstić information content (AvgIpc) is 2.26. The smallest absolute Gasteiger partial charge is 0.410 e. The summed E-state index contributed by atoms with van der Waals surface area (Å²) in [5, 5.41) is 0. The predicted octanol–water partition coefficient (Wildman–Crippen LogP) is 2.16. The van der Waals surface area contributed by atoms with Gasteiger partial charge in [0.1, 0.15) is 5.60 Å². The van der Waals surface area contributed by atoms with Gasteiger partial charge in [-0.05, 0) is 40.0 Å². The summed E-state index contributed by atoms with van der Waals surface area (Å²) in [5.41, 5.74) is 5.43. The minimum absolute atomic E-state index is 0. The number of ether oxygens (including phenoxy) is 1. The molecule has 4 nitrogen and oxygen atoms in total. The molecule has 0 aliphatic carbocycles. The Hall–Kier alpha value is -0.480. The lowest BCUT2D eigenvalue weighted by molar-refractivity contribution is 0.0256. The first kappa shape index (κ1) is 15.5. The van der Waals surface area contributed by atoms with Crippen molar-refractivity contribution in [2.75, 3.05) is 13.1 Å². The van der Waals surface area contributed by atoms with Crippen LogP contribution in [0.1, 0.15) is 40.0 Å². The number of amides is 1. The van der Waals surface area contributed by atoms with Crippen molar-refractivity contribution in [3.63, 3.8) is 0 Å². The standard InChI is InChI=1S/C11H22N2O2.ClH/c1-11(2,3)15-10(14)13-7-4-5-9(12)6-8-13;/h9H,4-8,12H2,1-3H3;1H. The molecule has 1 fully saturated rings. The summed E-state index contributed by atoms with van der Waals surface area (Å²) in [6.45, 7) is 7.13. The minimum atomic E-state index is -0.411. The van der Waals surface area contributed by atoms with Crippen LogP contribution in [-0.4, -0.2) is 35.7 Å². The van der Waals surface area contributed by atoms with E-state index in [1.165, 1.54) is 0 Å². The highest BCUT2D eigenvalue weighted by molar-refractivity contribution is 5.85. The monoisotopic (exact) mass is 250 g/mol. The van der Waals surface area contributed by atoms with Crippen LogP contribution in [0.15, 0.2) is 0 Å². The summed E-state index contributed by atoms with van der Waals surface area (Å²) < 4.78 is 5.31. The van der Waals surface area contributed by atoms with Crippen molar-refractivity contribution in [3.8, 4) is 0 Å². The first-order valence-electron chi connectivity index (χ1n) is 5.62. The van der Waals surface area contributed by atoms with Crippen LogP contribution in [-0.2, 0) is 4.74 Å². The molecule has 16 heavy (non-hydrogen) atoms. The molecule has 5 heteroatoms. The number of nitrogens with zero attached hydrogens (tertiary/aromatic N) is 1. The maximum Gasteiger partial charge on any atom is 0.410 e. The molecule has 0 bridgehead atoms. The highest BCUT2D eigenvalue weighted by Crippen LogP contribution is 2.14. The maximum absolute atomic E-state index is 11.7. The Bertz CT molecular complexity index is 229. The van der Waals surface area contributed by atoms with Crippen molar-refractivity contribution in [1.82, 2.24) is 4.90 Å². The second-order valence-electron chi connectivity index (χ2n) is 5.16. The fraction of sp³-hybridized carbons (Fsp3) is 0.909. The van der Waals surface area contributed by atoms with E-state index in [0.717, 1.165) is 32.4 Å². The Labute approximate surface area is 104 Å². The molecule has 1 aliphatic heterocycles. The fourth-order valence-electron chi connectivity index (χ4n) is 1.63. The highest BCUT2D eigenvalue weighted by atomic mass is 35.5. The van der Waals surface area contributed by atoms with Crippen LogP contribution in [0.5, 0.6) is 0 Å². The van der Waals surface area contributed by atoms with Crippen LogP contribution >= 0.6 is 12.4 Å². The number of halogens is 1. The zero-order chi connectivity index (χ0) is 11.5. The van der Waals surface area contributed by atoms with E-state index in [9.17, 15) is 4.79 Å². The molecule has 1 atom stereocenters. The third kappa shape index (κ3) is 5.56. The molecule has 0 aromatic heterocycles. The topological polar surface area (TPSA) is 55.6 Å². The van der Waals surface area contributed by atoms with Gasteiger partial charge in [0.05, 0.1) is 0 Å². The van der Waals surface area contributed by atoms with Gasteiger partial charge < -0.3 is 15.4 Å². The summed E-state index contributed by atoms with van der Waals surface area (Å²) in [5.74, 6) is 0. The van der Waals surface area contributed by atoms with Crippen LogP contribution in [0.2, 0.25) is 0 Å². The Balaban J connectivity index is 0.00000225. The maximum atomic E-state index is 11.7. The van der Waals surface area contributed by atoms with Crippen LogP contribution in [0, 0.1) is 0 Å². The van der Waals surface area contributed by atoms with Gasteiger partial charge in [0.25, 0.3) is 0 Å². The molecular weight excluding hydrogens is 228 g/mol. The number of carbonyl (C=O) groups excluding carboxylic acids is 1. The molecule has 1 rings (SSSR count). The van der Waals surface area contributed by atoms with Crippen LogP contribution in [0.4, 0.5) is 4.79 Å². The molecule has 2 N–H and O–H groups in total. The van der Waals surface area contributed by atoms with Crippen molar-refractivity contribution in [3.05, 3.63) is 0 Å². The molecule has 1 amide bonds. The largest absolute Gasteiger partial charge is 0.444 e. The zero-order valence-corrected chi connectivity index (χ0v) is 11.2. The van der Waals surface area contributed by atoms with E-state index < -0.39 is 5.60 Å². The first-order valence-corrected chi connectivity index (χ1v) is 5.62. The van der Waals surface area contributed by atoms with Gasteiger partial charge in [-0.2, -0.15) is 0 Å². The van der Waals surface area contributed by atoms with Crippen LogP contribution < -0.4 is 5.73 Å². The predicted molar refractivity (Wildman–Crippen MR) is 66.9 cm³/mol. The summed E-state index contributed by atoms with van der Waals surface area (Å²) >= 11 is 0. The number of hydrogen-bond acceptors (Lipinski definition) is 3. The number of hydrogen-bond donors (Lipinski definition) is 1. The van der Waals surface area contributed by atoms with Gasteiger partial charge in [0.15, 0.2) is 0 Å². The van der Waals surface area contributed by atoms with Gasteiger partial charge in [-0.15, -0.1) is 12.4 Å². The summed E-state index contributed by atoms with van der Waals surface area (Å²) in [4.78, 5) is 13.5. The molecule has 1 heterocycles. The molecule has 1 unspecified atom stereocenters. The van der Waals surface area contributed by atoms with Gasteiger partial charge in [0.2, 0.25) is 0 Å². The van der Waals surface area contributed by atoms with Gasteiger partial charge in [0, 0.05) is 19.1 Å². The SMILES string of the molecule is CC(C)(C)OC(=O)N1CCCC(N)CC1.Cl. The lowest BCUT2D eigenvalue weighted by Crippen LogP contribution is -2.37. The summed E-state index contributed by atoms with van der Waals surface area (Å²) in [6, 6.07) is 0.234. The van der Waals surface area contributed by atoms with Crippen LogP contribution in [0.3, 0.4) is 0 Å². The Morgan fingerprint density at radius 3 is 2.50 bits per heavy atom. The lowest BCUT2D eigenvalue weighted by atomic mass is 10.1. The Kier molecular flexibility index (Phi) is 6.11. The van der Waals surface area contributed by atoms with Crippen molar-refractivity contribution < 1.29 is 9.53 Å². The third-order valence-corrected chi connectivity index (χ3v) is 2.42. The number of rotatable bonds is 0. The van der Waals surface area contributed by atoms with Gasteiger partial charge in [-0.1, -0.05) is 0 Å². The number of carbonyl (C=O) groups is 1. The summed E-state index contributed by atoms with van der Waals surface area (Å²) in [6.07, 6.45) is 2.63. The molecule has 0 spiro atoms. The highest BCUT2D eigenvalue weighted by Gasteiger charge is 2.23. The number of likely N-dealkylation sites (tertiary alicyclic amines) is 1. The average molecular weight is 251 g/mol. The summed E-state index contributed by atoms with van der Waals surface area (Å²) in [7, 11) is 0. The van der Waals surface area contributed by atoms with Crippen molar-refractivity contribution >= 4 is 18.5 Å². The van der Waals surface area contributed by atoms with E-state index >= 15 is 0 Å². The molecule has 1 aliphatic rings. The fourth-order valence-corrected chi connectivity index (χ4v) is 1.63. The second-order valence-corrected chi connectivity index (χ2v) is 5.16. The van der Waals surface area contributed by atoms with E-state index in [2.05, 4.69) is 0 Å². The molecular formula is C11H23ClN2O2. The molecule has 0 aromatic rings. The third-order valence-electron chi connectivity index (χ3n) is 2.42. The molecule has 0 radical (unpaired) electrons. The van der Waals surface area contributed by atoms with Crippen LogP contribution in [0.25, 0.3) is 0 Å². The molecule has 0 saturated carbocycles. The van der Waals surface area contributed by atoms with Gasteiger partial charge in [-0.3, -0.25) is 0 Å². The normalized spacial score (nSPS) is 22.0. The lowest BCUT2D eigenvalue weighted by Gasteiger charge is -2.26. The van der Waals surface area contributed by atoms with Gasteiger partial charge >= 0.3 is 6.09 Å².